The average Bonchev–Trinajstić information content (AvgIpc) is 2.17. The van der Waals surface area contributed by atoms with Crippen molar-refractivity contribution in [1.82, 2.24) is 0 Å². The van der Waals surface area contributed by atoms with Crippen molar-refractivity contribution in [2.45, 2.75) is 18.7 Å². The molecule has 0 aliphatic carbocycles. The largest absolute Gasteiger partial charge is 0.416 e. The fraction of sp³-hybridized carbons (Fsp3) is 0.400. The predicted molar refractivity (Wildman–Crippen MR) is 51.7 cm³/mol. The first kappa shape index (κ1) is 12.3. The van der Waals surface area contributed by atoms with Crippen molar-refractivity contribution in [3.63, 3.8) is 0 Å². The summed E-state index contributed by atoms with van der Waals surface area (Å²) in [6, 6.07) is 4.64. The molecule has 1 aromatic rings. The number of hydrogen-bond donors (Lipinski definition) is 1. The van der Waals surface area contributed by atoms with E-state index < -0.39 is 17.8 Å². The number of alkyl halides is 4. The molecule has 84 valence electrons. The molecule has 5 heteroatoms. The number of rotatable bonds is 3. The molecule has 0 heterocycles. The van der Waals surface area contributed by atoms with Crippen LogP contribution < -0.4 is 0 Å². The summed E-state index contributed by atoms with van der Waals surface area (Å²) in [5.74, 6) is 0.206. The van der Waals surface area contributed by atoms with Crippen LogP contribution in [0.2, 0.25) is 0 Å². The van der Waals surface area contributed by atoms with E-state index in [1.807, 2.05) is 0 Å². The maximum atomic E-state index is 12.3. The predicted octanol–water partition coefficient (Wildman–Crippen LogP) is 3.37. The number of benzene rings is 1. The molecule has 0 saturated carbocycles. The third-order valence-electron chi connectivity index (χ3n) is 1.98. The van der Waals surface area contributed by atoms with Crippen molar-refractivity contribution in [1.29, 1.82) is 0 Å². The Labute approximate surface area is 90.5 Å². The van der Waals surface area contributed by atoms with Crippen LogP contribution in [0.5, 0.6) is 0 Å². The molecule has 1 nitrogen and oxygen atoms in total. The van der Waals surface area contributed by atoms with Crippen molar-refractivity contribution >= 4 is 11.6 Å². The maximum Gasteiger partial charge on any atom is 0.416 e. The van der Waals surface area contributed by atoms with Gasteiger partial charge in [-0.15, -0.1) is 11.6 Å². The first-order valence-corrected chi connectivity index (χ1v) is 4.90. The van der Waals surface area contributed by atoms with Gasteiger partial charge < -0.3 is 5.11 Å². The molecule has 0 saturated heterocycles. The van der Waals surface area contributed by atoms with Crippen LogP contribution in [0.4, 0.5) is 13.2 Å². The Morgan fingerprint density at radius 1 is 1.33 bits per heavy atom. The highest BCUT2D eigenvalue weighted by Gasteiger charge is 2.30. The van der Waals surface area contributed by atoms with E-state index in [1.54, 1.807) is 0 Å². The molecule has 1 N–H and O–H groups in total. The maximum absolute atomic E-state index is 12.3. The van der Waals surface area contributed by atoms with Crippen LogP contribution >= 0.6 is 11.6 Å². The lowest BCUT2D eigenvalue weighted by Crippen LogP contribution is -2.07. The van der Waals surface area contributed by atoms with E-state index in [9.17, 15) is 18.3 Å². The van der Waals surface area contributed by atoms with Gasteiger partial charge in [-0.05, 0) is 24.1 Å². The van der Waals surface area contributed by atoms with Crippen molar-refractivity contribution < 1.29 is 18.3 Å². The van der Waals surface area contributed by atoms with E-state index >= 15 is 0 Å². The van der Waals surface area contributed by atoms with Crippen LogP contribution in [0.3, 0.4) is 0 Å². The summed E-state index contributed by atoms with van der Waals surface area (Å²) >= 11 is 5.39. The van der Waals surface area contributed by atoms with E-state index in [4.69, 9.17) is 11.6 Å². The zero-order valence-electron chi connectivity index (χ0n) is 7.76. The number of aliphatic hydroxyl groups excluding tert-OH is 1. The molecule has 15 heavy (non-hydrogen) atoms. The van der Waals surface area contributed by atoms with E-state index in [-0.39, 0.29) is 17.9 Å². The van der Waals surface area contributed by atoms with Crippen LogP contribution in [-0.2, 0) is 6.18 Å². The number of hydrogen-bond acceptors (Lipinski definition) is 1. The van der Waals surface area contributed by atoms with Gasteiger partial charge in [0.05, 0.1) is 11.7 Å². The molecule has 1 rings (SSSR count). The lowest BCUT2D eigenvalue weighted by Gasteiger charge is -2.12. The lowest BCUT2D eigenvalue weighted by molar-refractivity contribution is -0.137. The summed E-state index contributed by atoms with van der Waals surface area (Å²) in [5.41, 5.74) is -0.515. The minimum Gasteiger partial charge on any atom is -0.388 e. The fourth-order valence-electron chi connectivity index (χ4n) is 1.19. The van der Waals surface area contributed by atoms with Crippen LogP contribution in [0.1, 0.15) is 23.7 Å². The molecule has 1 atom stereocenters. The summed E-state index contributed by atoms with van der Waals surface area (Å²) in [7, 11) is 0. The second-order valence-electron chi connectivity index (χ2n) is 3.12. The molecule has 0 aliphatic rings. The molecular formula is C10H10ClF3O. The van der Waals surface area contributed by atoms with Gasteiger partial charge in [0, 0.05) is 5.88 Å². The SMILES string of the molecule is OC(CCCl)c1cccc(C(F)(F)F)c1. The highest BCUT2D eigenvalue weighted by Crippen LogP contribution is 2.31. The molecule has 0 bridgehead atoms. The molecule has 0 spiro atoms. The lowest BCUT2D eigenvalue weighted by atomic mass is 10.0. The molecule has 1 unspecified atom stereocenters. The van der Waals surface area contributed by atoms with E-state index in [0.717, 1.165) is 12.1 Å². The third kappa shape index (κ3) is 3.39. The van der Waals surface area contributed by atoms with Crippen molar-refractivity contribution in [3.8, 4) is 0 Å². The second-order valence-corrected chi connectivity index (χ2v) is 3.49. The van der Waals surface area contributed by atoms with Gasteiger partial charge in [-0.25, -0.2) is 0 Å². The number of aliphatic hydroxyl groups is 1. The summed E-state index contributed by atoms with van der Waals surface area (Å²) in [6.07, 6.45) is -5.08. The smallest absolute Gasteiger partial charge is 0.388 e. The third-order valence-corrected chi connectivity index (χ3v) is 2.20. The topological polar surface area (TPSA) is 20.2 Å². The molecule has 0 aliphatic heterocycles. The zero-order valence-corrected chi connectivity index (χ0v) is 8.52. The Morgan fingerprint density at radius 3 is 2.53 bits per heavy atom. The minimum absolute atomic E-state index is 0.206. The number of halogens is 4. The highest BCUT2D eigenvalue weighted by molar-refractivity contribution is 6.17. The van der Waals surface area contributed by atoms with Crippen molar-refractivity contribution in [2.24, 2.45) is 0 Å². The normalized spacial score (nSPS) is 13.9. The quantitative estimate of drug-likeness (QED) is 0.801. The fourth-order valence-corrected chi connectivity index (χ4v) is 1.40. The van der Waals surface area contributed by atoms with Crippen molar-refractivity contribution in [2.75, 3.05) is 5.88 Å². The van der Waals surface area contributed by atoms with Gasteiger partial charge in [0.15, 0.2) is 0 Å². The molecule has 0 aromatic heterocycles. The molecule has 0 fully saturated rings. The zero-order chi connectivity index (χ0) is 11.5. The van der Waals surface area contributed by atoms with Crippen LogP contribution in [0.25, 0.3) is 0 Å². The summed E-state index contributed by atoms with van der Waals surface area (Å²) in [4.78, 5) is 0. The Bertz CT molecular complexity index is 325. The average molecular weight is 239 g/mol. The molecule has 0 radical (unpaired) electrons. The van der Waals surface area contributed by atoms with E-state index in [1.165, 1.54) is 12.1 Å². The van der Waals surface area contributed by atoms with Gasteiger partial charge in [0.2, 0.25) is 0 Å². The monoisotopic (exact) mass is 238 g/mol. The minimum atomic E-state index is -4.38. The van der Waals surface area contributed by atoms with Crippen LogP contribution in [0.15, 0.2) is 24.3 Å². The molecule has 1 aromatic carbocycles. The van der Waals surface area contributed by atoms with E-state index in [0.29, 0.717) is 0 Å². The van der Waals surface area contributed by atoms with Gasteiger partial charge in [0.25, 0.3) is 0 Å². The molecular weight excluding hydrogens is 229 g/mol. The first-order valence-electron chi connectivity index (χ1n) is 4.36. The van der Waals surface area contributed by atoms with Crippen LogP contribution in [-0.4, -0.2) is 11.0 Å². The Hall–Kier alpha value is -0.740. The summed E-state index contributed by atoms with van der Waals surface area (Å²) in [5, 5.41) is 9.46. The van der Waals surface area contributed by atoms with Crippen LogP contribution in [0, 0.1) is 0 Å². The Morgan fingerprint density at radius 2 is 2.00 bits per heavy atom. The Kier molecular flexibility index (Phi) is 3.99. The second kappa shape index (κ2) is 4.86. The Balaban J connectivity index is 2.92. The van der Waals surface area contributed by atoms with Gasteiger partial charge in [-0.2, -0.15) is 13.2 Å². The van der Waals surface area contributed by atoms with Gasteiger partial charge in [-0.1, -0.05) is 12.1 Å². The summed E-state index contributed by atoms with van der Waals surface area (Å²) < 4.78 is 36.9. The van der Waals surface area contributed by atoms with Gasteiger partial charge >= 0.3 is 6.18 Å². The van der Waals surface area contributed by atoms with Gasteiger partial charge in [0.1, 0.15) is 0 Å². The standard InChI is InChI=1S/C10H10ClF3O/c11-5-4-9(15)7-2-1-3-8(6-7)10(12,13)14/h1-3,6,9,15H,4-5H2. The van der Waals surface area contributed by atoms with Gasteiger partial charge in [-0.3, -0.25) is 0 Å². The summed E-state index contributed by atoms with van der Waals surface area (Å²) in [6.45, 7) is 0. The highest BCUT2D eigenvalue weighted by atomic mass is 35.5. The van der Waals surface area contributed by atoms with E-state index in [2.05, 4.69) is 0 Å². The first-order chi connectivity index (χ1) is 6.95. The molecule has 0 amide bonds. The van der Waals surface area contributed by atoms with Crippen molar-refractivity contribution in [3.05, 3.63) is 35.4 Å².